The number of benzene rings is 2. The number of hydrogen-bond donors (Lipinski definition) is 3. The van der Waals surface area contributed by atoms with Crippen LogP contribution in [0.4, 0.5) is 0 Å². The van der Waals surface area contributed by atoms with Crippen molar-refractivity contribution in [2.75, 3.05) is 13.1 Å². The second-order valence-electron chi connectivity index (χ2n) is 5.45. The first-order chi connectivity index (χ1) is 10.1. The number of hydrogen-bond acceptors (Lipinski definition) is 3. The van der Waals surface area contributed by atoms with Crippen molar-refractivity contribution in [1.82, 2.24) is 5.32 Å². The van der Waals surface area contributed by atoms with E-state index in [0.29, 0.717) is 5.56 Å². The molecule has 1 atom stereocenters. The highest BCUT2D eigenvalue weighted by Gasteiger charge is 2.28. The molecule has 1 heterocycles. The van der Waals surface area contributed by atoms with Gasteiger partial charge in [0.05, 0.1) is 5.02 Å². The molecule has 0 amide bonds. The van der Waals surface area contributed by atoms with E-state index in [1.807, 2.05) is 25.1 Å². The Bertz CT molecular complexity index is 670. The van der Waals surface area contributed by atoms with Crippen LogP contribution in [-0.2, 0) is 6.42 Å². The van der Waals surface area contributed by atoms with Crippen LogP contribution in [0.25, 0.3) is 0 Å². The maximum Gasteiger partial charge on any atom is 0.177 e. The Morgan fingerprint density at radius 2 is 1.86 bits per heavy atom. The van der Waals surface area contributed by atoms with Gasteiger partial charge < -0.3 is 15.5 Å². The highest BCUT2D eigenvalue weighted by atomic mass is 35.5. The quantitative estimate of drug-likeness (QED) is 0.708. The average molecular weight is 304 g/mol. The standard InChI is InChI=1S/C17H18ClNO2/c1-10-14-12(15(18)17(21)16(10)20)7-8-19-9-13(14)11-5-3-2-4-6-11/h2-6,13,19-21H,7-9H2,1H3. The van der Waals surface area contributed by atoms with Crippen molar-refractivity contribution in [2.45, 2.75) is 19.3 Å². The summed E-state index contributed by atoms with van der Waals surface area (Å²) in [5.41, 5.74) is 3.86. The molecule has 0 aliphatic carbocycles. The molecule has 0 aromatic heterocycles. The predicted octanol–water partition coefficient (Wildman–Crippen LogP) is 3.34. The molecule has 2 aromatic carbocycles. The third kappa shape index (κ3) is 2.37. The zero-order valence-electron chi connectivity index (χ0n) is 11.9. The molecule has 0 saturated carbocycles. The van der Waals surface area contributed by atoms with E-state index in [2.05, 4.69) is 17.4 Å². The zero-order chi connectivity index (χ0) is 15.0. The largest absolute Gasteiger partial charge is 0.504 e. The van der Waals surface area contributed by atoms with E-state index < -0.39 is 0 Å². The van der Waals surface area contributed by atoms with Gasteiger partial charge in [0.25, 0.3) is 0 Å². The van der Waals surface area contributed by atoms with Crippen LogP contribution >= 0.6 is 11.6 Å². The average Bonchev–Trinajstić information content (AvgIpc) is 2.74. The molecule has 110 valence electrons. The zero-order valence-corrected chi connectivity index (χ0v) is 12.6. The van der Waals surface area contributed by atoms with Gasteiger partial charge in [-0.05, 0) is 42.1 Å². The number of aromatic hydroxyl groups is 2. The Morgan fingerprint density at radius 1 is 1.14 bits per heavy atom. The van der Waals surface area contributed by atoms with Gasteiger partial charge in [-0.2, -0.15) is 0 Å². The molecule has 0 fully saturated rings. The highest BCUT2D eigenvalue weighted by molar-refractivity contribution is 6.33. The van der Waals surface area contributed by atoms with E-state index in [9.17, 15) is 10.2 Å². The first kappa shape index (κ1) is 14.2. The number of rotatable bonds is 1. The smallest absolute Gasteiger partial charge is 0.177 e. The predicted molar refractivity (Wildman–Crippen MR) is 84.4 cm³/mol. The molecular formula is C17H18ClNO2. The summed E-state index contributed by atoms with van der Waals surface area (Å²) >= 11 is 6.28. The van der Waals surface area contributed by atoms with E-state index in [0.717, 1.165) is 30.6 Å². The lowest BCUT2D eigenvalue weighted by Crippen LogP contribution is -2.21. The van der Waals surface area contributed by atoms with Crippen molar-refractivity contribution in [3.05, 3.63) is 57.6 Å². The third-order valence-corrected chi connectivity index (χ3v) is 4.64. The minimum atomic E-state index is -0.207. The number of nitrogens with one attached hydrogen (secondary N) is 1. The molecule has 0 radical (unpaired) electrons. The maximum absolute atomic E-state index is 10.1. The van der Waals surface area contributed by atoms with Gasteiger partial charge in [-0.25, -0.2) is 0 Å². The fourth-order valence-electron chi connectivity index (χ4n) is 3.14. The molecule has 2 aromatic rings. The first-order valence-electron chi connectivity index (χ1n) is 7.09. The molecular weight excluding hydrogens is 286 g/mol. The molecule has 0 spiro atoms. The van der Waals surface area contributed by atoms with Gasteiger partial charge in [0, 0.05) is 12.5 Å². The van der Waals surface area contributed by atoms with E-state index in [1.54, 1.807) is 0 Å². The van der Waals surface area contributed by atoms with Crippen molar-refractivity contribution in [3.8, 4) is 11.5 Å². The lowest BCUT2D eigenvalue weighted by atomic mass is 9.84. The van der Waals surface area contributed by atoms with Crippen molar-refractivity contribution in [2.24, 2.45) is 0 Å². The van der Waals surface area contributed by atoms with E-state index in [1.165, 1.54) is 5.56 Å². The highest BCUT2D eigenvalue weighted by Crippen LogP contribution is 2.45. The van der Waals surface area contributed by atoms with Gasteiger partial charge in [-0.1, -0.05) is 41.9 Å². The monoisotopic (exact) mass is 303 g/mol. The van der Waals surface area contributed by atoms with Crippen molar-refractivity contribution >= 4 is 11.6 Å². The Balaban J connectivity index is 2.25. The van der Waals surface area contributed by atoms with Gasteiger partial charge in [0.2, 0.25) is 0 Å². The van der Waals surface area contributed by atoms with Crippen LogP contribution in [0.3, 0.4) is 0 Å². The molecule has 3 rings (SSSR count). The summed E-state index contributed by atoms with van der Waals surface area (Å²) in [5, 5.41) is 23.8. The molecule has 3 nitrogen and oxygen atoms in total. The van der Waals surface area contributed by atoms with Gasteiger partial charge >= 0.3 is 0 Å². The summed E-state index contributed by atoms with van der Waals surface area (Å²) in [5.74, 6) is -0.198. The molecule has 21 heavy (non-hydrogen) atoms. The Hall–Kier alpha value is -1.71. The summed E-state index contributed by atoms with van der Waals surface area (Å²) in [7, 11) is 0. The number of halogens is 1. The Labute approximate surface area is 129 Å². The van der Waals surface area contributed by atoms with Crippen LogP contribution in [0.5, 0.6) is 11.5 Å². The van der Waals surface area contributed by atoms with Gasteiger partial charge in [-0.3, -0.25) is 0 Å². The summed E-state index contributed by atoms with van der Waals surface area (Å²) in [6, 6.07) is 10.2. The Kier molecular flexibility index (Phi) is 3.79. The summed E-state index contributed by atoms with van der Waals surface area (Å²) in [6.07, 6.45) is 0.742. The second-order valence-corrected chi connectivity index (χ2v) is 5.82. The molecule has 1 aliphatic rings. The molecule has 3 N–H and O–H groups in total. The lowest BCUT2D eigenvalue weighted by molar-refractivity contribution is 0.399. The van der Waals surface area contributed by atoms with Crippen LogP contribution < -0.4 is 5.32 Å². The number of fused-ring (bicyclic) bond motifs is 1. The fraction of sp³-hybridized carbons (Fsp3) is 0.294. The molecule has 1 unspecified atom stereocenters. The van der Waals surface area contributed by atoms with E-state index >= 15 is 0 Å². The van der Waals surface area contributed by atoms with Crippen molar-refractivity contribution < 1.29 is 10.2 Å². The van der Waals surface area contributed by atoms with E-state index in [4.69, 9.17) is 11.6 Å². The molecule has 1 aliphatic heterocycles. The van der Waals surface area contributed by atoms with Gasteiger partial charge in [-0.15, -0.1) is 0 Å². The Morgan fingerprint density at radius 3 is 2.57 bits per heavy atom. The van der Waals surface area contributed by atoms with E-state index in [-0.39, 0.29) is 22.4 Å². The van der Waals surface area contributed by atoms with Crippen molar-refractivity contribution in [3.63, 3.8) is 0 Å². The molecule has 0 bridgehead atoms. The van der Waals surface area contributed by atoms with Crippen LogP contribution in [-0.4, -0.2) is 23.3 Å². The maximum atomic E-state index is 10.1. The van der Waals surface area contributed by atoms with Gasteiger partial charge in [0.15, 0.2) is 11.5 Å². The van der Waals surface area contributed by atoms with Crippen LogP contribution in [0.1, 0.15) is 28.2 Å². The topological polar surface area (TPSA) is 52.5 Å². The number of phenols is 2. The lowest BCUT2D eigenvalue weighted by Gasteiger charge is -2.22. The van der Waals surface area contributed by atoms with Crippen molar-refractivity contribution in [1.29, 1.82) is 0 Å². The SMILES string of the molecule is Cc1c(O)c(O)c(Cl)c2c1C(c1ccccc1)CNCC2. The summed E-state index contributed by atoms with van der Waals surface area (Å²) in [4.78, 5) is 0. The third-order valence-electron chi connectivity index (χ3n) is 4.23. The fourth-order valence-corrected chi connectivity index (χ4v) is 3.43. The van der Waals surface area contributed by atoms with Gasteiger partial charge in [0.1, 0.15) is 0 Å². The minimum Gasteiger partial charge on any atom is -0.504 e. The summed E-state index contributed by atoms with van der Waals surface area (Å²) < 4.78 is 0. The minimum absolute atomic E-state index is 0.110. The number of phenolic OH excluding ortho intramolecular Hbond substituents is 2. The molecule has 0 saturated heterocycles. The summed E-state index contributed by atoms with van der Waals surface area (Å²) in [6.45, 7) is 3.43. The first-order valence-corrected chi connectivity index (χ1v) is 7.47. The normalized spacial score (nSPS) is 18.1. The van der Waals surface area contributed by atoms with Crippen LogP contribution in [0.2, 0.25) is 5.02 Å². The van der Waals surface area contributed by atoms with Crippen LogP contribution in [0, 0.1) is 6.92 Å². The molecule has 4 heteroatoms. The second kappa shape index (κ2) is 5.58. The van der Waals surface area contributed by atoms with Crippen LogP contribution in [0.15, 0.2) is 30.3 Å².